The summed E-state index contributed by atoms with van der Waals surface area (Å²) in [5.74, 6) is 1.60. The second kappa shape index (κ2) is 9.18. The molecule has 0 spiro atoms. The molecule has 2 aliphatic heterocycles. The van der Waals surface area contributed by atoms with Crippen LogP contribution >= 0.6 is 0 Å². The summed E-state index contributed by atoms with van der Waals surface area (Å²) in [6.45, 7) is 4.54. The van der Waals surface area contributed by atoms with Gasteiger partial charge < -0.3 is 19.2 Å². The van der Waals surface area contributed by atoms with Crippen LogP contribution in [-0.2, 0) is 11.3 Å². The van der Waals surface area contributed by atoms with Crippen LogP contribution in [0.25, 0.3) is 0 Å². The van der Waals surface area contributed by atoms with Gasteiger partial charge in [-0.15, -0.1) is 0 Å². The van der Waals surface area contributed by atoms with Crippen molar-refractivity contribution in [3.63, 3.8) is 0 Å². The number of hydrogen-bond acceptors (Lipinski definition) is 5. The molecule has 2 aromatic carbocycles. The molecule has 6 heteroatoms. The monoisotopic (exact) mass is 432 g/mol. The first-order valence-corrected chi connectivity index (χ1v) is 11.1. The lowest BCUT2D eigenvalue weighted by Gasteiger charge is -2.35. The van der Waals surface area contributed by atoms with Gasteiger partial charge in [-0.25, -0.2) is 0 Å². The number of morpholine rings is 1. The first kappa shape index (κ1) is 20.8. The van der Waals surface area contributed by atoms with Crippen LogP contribution < -0.4 is 10.1 Å². The highest BCUT2D eigenvalue weighted by atomic mass is 16.5. The average Bonchev–Trinajstić information content (AvgIpc) is 3.40. The summed E-state index contributed by atoms with van der Waals surface area (Å²) < 4.78 is 17.7. The Morgan fingerprint density at radius 2 is 1.84 bits per heavy atom. The summed E-state index contributed by atoms with van der Waals surface area (Å²) in [6.07, 6.45) is 0.971. The molecule has 1 amide bonds. The van der Waals surface area contributed by atoms with Gasteiger partial charge in [0, 0.05) is 30.7 Å². The minimum atomic E-state index is -0.168. The highest BCUT2D eigenvalue weighted by molar-refractivity contribution is 5.93. The maximum Gasteiger partial charge on any atom is 0.287 e. The van der Waals surface area contributed by atoms with Gasteiger partial charge in [0.1, 0.15) is 18.1 Å². The van der Waals surface area contributed by atoms with E-state index in [1.165, 1.54) is 5.56 Å². The summed E-state index contributed by atoms with van der Waals surface area (Å²) >= 11 is 0. The zero-order valence-corrected chi connectivity index (χ0v) is 18.2. The molecule has 3 heterocycles. The largest absolute Gasteiger partial charge is 0.486 e. The number of para-hydroxylation sites is 1. The summed E-state index contributed by atoms with van der Waals surface area (Å²) in [5.41, 5.74) is 2.02. The van der Waals surface area contributed by atoms with Crippen LogP contribution in [-0.4, -0.2) is 42.6 Å². The number of carbonyl (C=O) groups is 1. The fourth-order valence-corrected chi connectivity index (χ4v) is 4.61. The minimum Gasteiger partial charge on any atom is -0.486 e. The number of aryl methyl sites for hydroxylation is 1. The quantitative estimate of drug-likeness (QED) is 0.635. The Balaban J connectivity index is 1.17. The van der Waals surface area contributed by atoms with Crippen LogP contribution in [0.1, 0.15) is 40.0 Å². The summed E-state index contributed by atoms with van der Waals surface area (Å²) in [6, 6.07) is 22.2. The number of benzene rings is 2. The van der Waals surface area contributed by atoms with Crippen LogP contribution in [0.4, 0.5) is 0 Å². The van der Waals surface area contributed by atoms with Crippen molar-refractivity contribution in [1.82, 2.24) is 10.2 Å². The SMILES string of the molecule is Cc1cc(COc2ccccc2)oc1C(=O)N[C@H]1C[C@H]2CO[C@@H](c3ccccc3)CN2C1. The van der Waals surface area contributed by atoms with E-state index in [1.54, 1.807) is 0 Å². The van der Waals surface area contributed by atoms with Gasteiger partial charge >= 0.3 is 0 Å². The van der Waals surface area contributed by atoms with Crippen molar-refractivity contribution in [3.8, 4) is 5.75 Å². The second-order valence-electron chi connectivity index (χ2n) is 8.57. The van der Waals surface area contributed by atoms with Crippen LogP contribution in [0.2, 0.25) is 0 Å². The van der Waals surface area contributed by atoms with Crippen molar-refractivity contribution < 1.29 is 18.7 Å². The number of nitrogens with zero attached hydrogens (tertiary/aromatic N) is 1. The van der Waals surface area contributed by atoms with E-state index in [0.29, 0.717) is 24.2 Å². The molecule has 3 atom stereocenters. The first-order chi connectivity index (χ1) is 15.7. The van der Waals surface area contributed by atoms with E-state index in [0.717, 1.165) is 30.8 Å². The molecule has 2 aliphatic rings. The Morgan fingerprint density at radius 3 is 2.62 bits per heavy atom. The number of ether oxygens (including phenoxy) is 2. The fourth-order valence-electron chi connectivity index (χ4n) is 4.61. The van der Waals surface area contributed by atoms with Crippen LogP contribution in [0, 0.1) is 6.92 Å². The van der Waals surface area contributed by atoms with E-state index in [9.17, 15) is 4.79 Å². The molecule has 5 rings (SSSR count). The summed E-state index contributed by atoms with van der Waals surface area (Å²) in [4.78, 5) is 15.3. The molecule has 0 aliphatic carbocycles. The first-order valence-electron chi connectivity index (χ1n) is 11.1. The van der Waals surface area contributed by atoms with Gasteiger partial charge in [-0.1, -0.05) is 48.5 Å². The Kier molecular flexibility index (Phi) is 5.97. The lowest BCUT2D eigenvalue weighted by atomic mass is 10.1. The molecule has 32 heavy (non-hydrogen) atoms. The number of amides is 1. The smallest absolute Gasteiger partial charge is 0.287 e. The van der Waals surface area contributed by atoms with E-state index in [2.05, 4.69) is 22.3 Å². The second-order valence-corrected chi connectivity index (χ2v) is 8.57. The molecule has 0 radical (unpaired) electrons. The number of furan rings is 1. The Labute approximate surface area is 188 Å². The predicted octanol–water partition coefficient (Wildman–Crippen LogP) is 4.11. The van der Waals surface area contributed by atoms with Crippen LogP contribution in [0.3, 0.4) is 0 Å². The van der Waals surface area contributed by atoms with E-state index in [-0.39, 0.29) is 24.7 Å². The van der Waals surface area contributed by atoms with E-state index < -0.39 is 0 Å². The number of nitrogens with one attached hydrogen (secondary N) is 1. The van der Waals surface area contributed by atoms with Crippen LogP contribution in [0.5, 0.6) is 5.75 Å². The maximum absolute atomic E-state index is 12.9. The molecule has 1 aromatic heterocycles. The fraction of sp³-hybridized carbons (Fsp3) is 0.346. The van der Waals surface area contributed by atoms with Crippen molar-refractivity contribution in [3.05, 3.63) is 89.4 Å². The Hall–Kier alpha value is -3.09. The topological polar surface area (TPSA) is 63.9 Å². The van der Waals surface area contributed by atoms with Crippen molar-refractivity contribution in [1.29, 1.82) is 0 Å². The third-order valence-electron chi connectivity index (χ3n) is 6.22. The number of hydrogen-bond donors (Lipinski definition) is 1. The lowest BCUT2D eigenvalue weighted by molar-refractivity contribution is -0.0502. The summed E-state index contributed by atoms with van der Waals surface area (Å²) in [7, 11) is 0. The molecular weight excluding hydrogens is 404 g/mol. The minimum absolute atomic E-state index is 0.0825. The normalized spacial score (nSPS) is 23.0. The highest BCUT2D eigenvalue weighted by Gasteiger charge is 2.38. The zero-order chi connectivity index (χ0) is 21.9. The summed E-state index contributed by atoms with van der Waals surface area (Å²) in [5, 5.41) is 3.16. The Morgan fingerprint density at radius 1 is 1.09 bits per heavy atom. The van der Waals surface area contributed by atoms with Gasteiger partial charge in [-0.05, 0) is 37.1 Å². The molecule has 2 saturated heterocycles. The Bertz CT molecular complexity index is 1050. The van der Waals surface area contributed by atoms with Gasteiger partial charge in [0.2, 0.25) is 0 Å². The predicted molar refractivity (Wildman–Crippen MR) is 121 cm³/mol. The standard InChI is InChI=1S/C26H28N2O4/c1-18-12-23(17-30-22-10-6-3-7-11-22)32-25(18)26(29)27-20-13-21-16-31-24(15-28(21)14-20)19-8-4-2-5-9-19/h2-12,20-21,24H,13-17H2,1H3,(H,27,29)/t20-,21-,24+/m0/s1. The maximum atomic E-state index is 12.9. The number of rotatable bonds is 6. The zero-order valence-electron chi connectivity index (χ0n) is 18.2. The molecule has 6 nitrogen and oxygen atoms in total. The molecule has 2 fully saturated rings. The van der Waals surface area contributed by atoms with Gasteiger partial charge in [-0.3, -0.25) is 9.69 Å². The van der Waals surface area contributed by atoms with Crippen molar-refractivity contribution >= 4 is 5.91 Å². The van der Waals surface area contributed by atoms with E-state index >= 15 is 0 Å². The molecule has 0 bridgehead atoms. The number of carbonyl (C=O) groups excluding carboxylic acids is 1. The lowest BCUT2D eigenvalue weighted by Crippen LogP contribution is -2.43. The van der Waals surface area contributed by atoms with Gasteiger partial charge in [0.15, 0.2) is 5.76 Å². The van der Waals surface area contributed by atoms with E-state index in [4.69, 9.17) is 13.9 Å². The third kappa shape index (κ3) is 4.56. The van der Waals surface area contributed by atoms with Crippen molar-refractivity contribution in [2.75, 3.05) is 19.7 Å². The molecule has 0 saturated carbocycles. The highest BCUT2D eigenvalue weighted by Crippen LogP contribution is 2.30. The molecule has 1 N–H and O–H groups in total. The average molecular weight is 433 g/mol. The van der Waals surface area contributed by atoms with Gasteiger partial charge in [0.25, 0.3) is 5.91 Å². The molecule has 0 unspecified atom stereocenters. The van der Waals surface area contributed by atoms with Crippen molar-refractivity contribution in [2.24, 2.45) is 0 Å². The van der Waals surface area contributed by atoms with E-state index in [1.807, 2.05) is 61.5 Å². The molecular formula is C26H28N2O4. The van der Waals surface area contributed by atoms with Gasteiger partial charge in [-0.2, -0.15) is 0 Å². The third-order valence-corrected chi connectivity index (χ3v) is 6.22. The molecule has 3 aromatic rings. The van der Waals surface area contributed by atoms with Crippen molar-refractivity contribution in [2.45, 2.75) is 38.1 Å². The van der Waals surface area contributed by atoms with Gasteiger partial charge in [0.05, 0.1) is 12.7 Å². The van der Waals surface area contributed by atoms with Crippen LogP contribution in [0.15, 0.2) is 71.1 Å². The molecule has 166 valence electrons. The number of fused-ring (bicyclic) bond motifs is 1.